The molecule has 0 radical (unpaired) electrons. The Bertz CT molecular complexity index is 167. The minimum atomic E-state index is -0.0764. The van der Waals surface area contributed by atoms with Gasteiger partial charge in [0.25, 0.3) is 0 Å². The van der Waals surface area contributed by atoms with Gasteiger partial charge in [-0.2, -0.15) is 0 Å². The zero-order valence-corrected chi connectivity index (χ0v) is 7.91. The van der Waals surface area contributed by atoms with Crippen LogP contribution in [0.3, 0.4) is 0 Å². The van der Waals surface area contributed by atoms with Gasteiger partial charge in [0.15, 0.2) is 11.5 Å². The molecule has 0 heterocycles. The first kappa shape index (κ1) is 9.17. The van der Waals surface area contributed by atoms with Gasteiger partial charge in [0.05, 0.1) is 0 Å². The predicted octanol–water partition coefficient (Wildman–Crippen LogP) is 1.10. The van der Waals surface area contributed by atoms with E-state index in [1.165, 1.54) is 12.1 Å². The molecule has 2 N–H and O–H groups in total. The second-order valence-corrected chi connectivity index (χ2v) is 1.49. The zero-order chi connectivity index (χ0) is 5.98. The number of hydrogen-bond donors (Lipinski definition) is 2. The van der Waals surface area contributed by atoms with Crippen LogP contribution >= 0.6 is 0 Å². The van der Waals surface area contributed by atoms with Crippen LogP contribution in [0.4, 0.5) is 0 Å². The van der Waals surface area contributed by atoms with Crippen molar-refractivity contribution in [2.75, 3.05) is 0 Å². The van der Waals surface area contributed by atoms with E-state index in [1.807, 2.05) is 0 Å². The molecule has 1 aromatic carbocycles. The second-order valence-electron chi connectivity index (χ2n) is 1.49. The molecule has 0 spiro atoms. The number of benzene rings is 1. The number of para-hydroxylation sites is 2. The van der Waals surface area contributed by atoms with Crippen molar-refractivity contribution in [3.8, 4) is 11.5 Å². The van der Waals surface area contributed by atoms with Crippen molar-refractivity contribution >= 4 is 0 Å². The van der Waals surface area contributed by atoms with E-state index >= 15 is 0 Å². The van der Waals surface area contributed by atoms with Crippen LogP contribution in [0.2, 0.25) is 0 Å². The molecule has 46 valence electrons. The van der Waals surface area contributed by atoms with E-state index in [0.29, 0.717) is 0 Å². The predicted molar refractivity (Wildman–Crippen MR) is 29.8 cm³/mol. The van der Waals surface area contributed by atoms with Gasteiger partial charge >= 0.3 is 0 Å². The standard InChI is InChI=1S/C6H6O2.Nd/c7-5-3-1-2-4-6(5)8;/h1-4,7-8H;. The van der Waals surface area contributed by atoms with E-state index < -0.39 is 0 Å². The SMILES string of the molecule is Oc1ccccc1O.[Nd]. The van der Waals surface area contributed by atoms with Crippen LogP contribution in [0.15, 0.2) is 24.3 Å². The fraction of sp³-hybridized carbons (Fsp3) is 0. The largest absolute Gasteiger partial charge is 0.504 e. The summed E-state index contributed by atoms with van der Waals surface area (Å²) in [6.45, 7) is 0. The van der Waals surface area contributed by atoms with Crippen molar-refractivity contribution in [2.24, 2.45) is 0 Å². The maximum atomic E-state index is 8.67. The normalized spacial score (nSPS) is 8.00. The fourth-order valence-corrected chi connectivity index (χ4v) is 0.464. The molecule has 0 aliphatic heterocycles. The van der Waals surface area contributed by atoms with Gasteiger partial charge in [-0.1, -0.05) is 12.1 Å². The van der Waals surface area contributed by atoms with Crippen molar-refractivity contribution in [2.45, 2.75) is 0 Å². The summed E-state index contributed by atoms with van der Waals surface area (Å²) in [4.78, 5) is 0. The molecule has 9 heavy (non-hydrogen) atoms. The first-order valence-corrected chi connectivity index (χ1v) is 2.27. The molecule has 0 saturated heterocycles. The van der Waals surface area contributed by atoms with Crippen LogP contribution in [0.5, 0.6) is 11.5 Å². The molecule has 1 aromatic rings. The molecule has 0 atom stereocenters. The van der Waals surface area contributed by atoms with Crippen LogP contribution in [-0.4, -0.2) is 10.2 Å². The van der Waals surface area contributed by atoms with Gasteiger partial charge in [0.1, 0.15) is 0 Å². The van der Waals surface area contributed by atoms with E-state index in [9.17, 15) is 0 Å². The average Bonchev–Trinajstić information content (AvgIpc) is 1.77. The molecule has 1 rings (SSSR count). The summed E-state index contributed by atoms with van der Waals surface area (Å²) in [6.07, 6.45) is 0. The van der Waals surface area contributed by atoms with Gasteiger partial charge < -0.3 is 10.2 Å². The summed E-state index contributed by atoms with van der Waals surface area (Å²) in [5.41, 5.74) is 0. The molecule has 0 aliphatic carbocycles. The molecule has 0 bridgehead atoms. The number of rotatable bonds is 0. The van der Waals surface area contributed by atoms with Gasteiger partial charge in [-0.05, 0) is 12.1 Å². The van der Waals surface area contributed by atoms with Crippen molar-refractivity contribution in [3.05, 3.63) is 24.3 Å². The number of hydrogen-bond acceptors (Lipinski definition) is 2. The summed E-state index contributed by atoms with van der Waals surface area (Å²) in [5.74, 6) is -0.153. The van der Waals surface area contributed by atoms with Crippen molar-refractivity contribution in [3.63, 3.8) is 0 Å². The Labute approximate surface area is 86.0 Å². The minimum absolute atomic E-state index is 0. The number of phenols is 2. The molecule has 0 saturated carbocycles. The summed E-state index contributed by atoms with van der Waals surface area (Å²) in [6, 6.07) is 6.15. The first-order chi connectivity index (χ1) is 3.80. The van der Waals surface area contributed by atoms with Crippen LogP contribution < -0.4 is 0 Å². The molecule has 0 unspecified atom stereocenters. The Balaban J connectivity index is 0.000000640. The topological polar surface area (TPSA) is 40.5 Å². The molecule has 0 fully saturated rings. The molecule has 2 nitrogen and oxygen atoms in total. The van der Waals surface area contributed by atoms with Gasteiger partial charge in [-0.15, -0.1) is 0 Å². The summed E-state index contributed by atoms with van der Waals surface area (Å²) >= 11 is 0. The third-order valence-corrected chi connectivity index (χ3v) is 0.882. The maximum Gasteiger partial charge on any atom is 0.157 e. The summed E-state index contributed by atoms with van der Waals surface area (Å²) < 4.78 is 0. The third kappa shape index (κ3) is 2.49. The fourth-order valence-electron chi connectivity index (χ4n) is 0.464. The summed E-state index contributed by atoms with van der Waals surface area (Å²) in [7, 11) is 0. The number of phenolic OH excluding ortho intramolecular Hbond substituents is 2. The Morgan fingerprint density at radius 3 is 1.44 bits per heavy atom. The van der Waals surface area contributed by atoms with Gasteiger partial charge in [-0.25, -0.2) is 0 Å². The monoisotopic (exact) mass is 252 g/mol. The van der Waals surface area contributed by atoms with Gasteiger partial charge in [-0.3, -0.25) is 0 Å². The van der Waals surface area contributed by atoms with E-state index in [4.69, 9.17) is 10.2 Å². The molecular weight excluding hydrogens is 248 g/mol. The molecule has 0 aromatic heterocycles. The molecule has 0 amide bonds. The molecule has 0 aliphatic rings. The van der Waals surface area contributed by atoms with Crippen LogP contribution in [0.1, 0.15) is 0 Å². The first-order valence-electron chi connectivity index (χ1n) is 2.27. The minimum Gasteiger partial charge on any atom is -0.504 e. The van der Waals surface area contributed by atoms with E-state index in [0.717, 1.165) is 0 Å². The Morgan fingerprint density at radius 1 is 0.889 bits per heavy atom. The van der Waals surface area contributed by atoms with Crippen molar-refractivity contribution in [1.82, 2.24) is 0 Å². The summed E-state index contributed by atoms with van der Waals surface area (Å²) in [5, 5.41) is 17.3. The van der Waals surface area contributed by atoms with E-state index in [-0.39, 0.29) is 52.3 Å². The molecule has 3 heteroatoms. The quantitative estimate of drug-likeness (QED) is 0.681. The van der Waals surface area contributed by atoms with Crippen LogP contribution in [-0.2, 0) is 0 Å². The Kier molecular flexibility index (Phi) is 4.14. The third-order valence-electron chi connectivity index (χ3n) is 0.882. The zero-order valence-electron chi connectivity index (χ0n) is 4.70. The van der Waals surface area contributed by atoms with Gasteiger partial charge in [0, 0.05) is 40.8 Å². The second kappa shape index (κ2) is 4.06. The van der Waals surface area contributed by atoms with E-state index in [2.05, 4.69) is 0 Å². The van der Waals surface area contributed by atoms with E-state index in [1.54, 1.807) is 12.1 Å². The van der Waals surface area contributed by atoms with Crippen molar-refractivity contribution < 1.29 is 51.1 Å². The Hall–Kier alpha value is 0.171. The average molecular weight is 254 g/mol. The Morgan fingerprint density at radius 2 is 1.22 bits per heavy atom. The van der Waals surface area contributed by atoms with Crippen LogP contribution in [0, 0.1) is 40.8 Å². The van der Waals surface area contributed by atoms with Crippen molar-refractivity contribution in [1.29, 1.82) is 0 Å². The number of aromatic hydroxyl groups is 2. The maximum absolute atomic E-state index is 8.67. The van der Waals surface area contributed by atoms with Crippen LogP contribution in [0.25, 0.3) is 0 Å². The smallest absolute Gasteiger partial charge is 0.157 e. The molecular formula is C6H6NdO2. The van der Waals surface area contributed by atoms with Gasteiger partial charge in [0.2, 0.25) is 0 Å².